The molecule has 0 aromatic heterocycles. The van der Waals surface area contributed by atoms with Gasteiger partial charge in [-0.2, -0.15) is 0 Å². The van der Waals surface area contributed by atoms with E-state index in [9.17, 15) is 5.11 Å². The summed E-state index contributed by atoms with van der Waals surface area (Å²) in [5, 5.41) is 11.0. The Kier molecular flexibility index (Phi) is 6.42. The SMILES string of the molecule is CCC(=C[C@@H](c1ccccc1)[C@@H](O)c1ccc(OC)cc1)CC. The van der Waals surface area contributed by atoms with Gasteiger partial charge in [0, 0.05) is 5.92 Å². The molecule has 2 heteroatoms. The molecule has 0 fully saturated rings. The zero-order chi connectivity index (χ0) is 16.7. The molecule has 0 radical (unpaired) electrons. The van der Waals surface area contributed by atoms with Crippen molar-refractivity contribution in [3.63, 3.8) is 0 Å². The highest BCUT2D eigenvalue weighted by molar-refractivity contribution is 5.34. The summed E-state index contributed by atoms with van der Waals surface area (Å²) in [5.74, 6) is 0.759. The molecule has 0 spiro atoms. The summed E-state index contributed by atoms with van der Waals surface area (Å²) in [5.41, 5.74) is 3.41. The molecule has 0 bridgehead atoms. The summed E-state index contributed by atoms with van der Waals surface area (Å²) in [6.07, 6.45) is 3.67. The minimum atomic E-state index is -0.573. The molecule has 122 valence electrons. The van der Waals surface area contributed by atoms with E-state index in [-0.39, 0.29) is 5.92 Å². The van der Waals surface area contributed by atoms with Crippen molar-refractivity contribution in [3.8, 4) is 5.75 Å². The molecule has 0 aliphatic rings. The van der Waals surface area contributed by atoms with Crippen molar-refractivity contribution in [2.45, 2.75) is 38.7 Å². The van der Waals surface area contributed by atoms with Crippen molar-refractivity contribution in [3.05, 3.63) is 77.4 Å². The molecule has 0 aliphatic carbocycles. The minimum absolute atomic E-state index is 0.0421. The normalized spacial score (nSPS) is 13.2. The fraction of sp³-hybridized carbons (Fsp3) is 0.333. The first kappa shape index (κ1) is 17.3. The van der Waals surface area contributed by atoms with Crippen molar-refractivity contribution < 1.29 is 9.84 Å². The second-order valence-corrected chi connectivity index (χ2v) is 5.69. The summed E-state index contributed by atoms with van der Waals surface area (Å²) >= 11 is 0. The fourth-order valence-electron chi connectivity index (χ4n) is 2.79. The van der Waals surface area contributed by atoms with Crippen LogP contribution in [0.2, 0.25) is 0 Å². The van der Waals surface area contributed by atoms with Crippen molar-refractivity contribution in [1.29, 1.82) is 0 Å². The van der Waals surface area contributed by atoms with Crippen molar-refractivity contribution in [1.82, 2.24) is 0 Å². The summed E-state index contributed by atoms with van der Waals surface area (Å²) < 4.78 is 5.20. The Morgan fingerprint density at radius 1 is 0.957 bits per heavy atom. The van der Waals surface area contributed by atoms with Crippen LogP contribution in [-0.2, 0) is 0 Å². The second kappa shape index (κ2) is 8.54. The van der Waals surface area contributed by atoms with E-state index in [1.165, 1.54) is 5.57 Å². The molecular weight excluding hydrogens is 284 g/mol. The number of rotatable bonds is 7. The van der Waals surface area contributed by atoms with E-state index < -0.39 is 6.10 Å². The predicted octanol–water partition coefficient (Wildman–Crippen LogP) is 5.26. The molecule has 0 amide bonds. The molecule has 0 heterocycles. The van der Waals surface area contributed by atoms with E-state index in [1.54, 1.807) is 7.11 Å². The monoisotopic (exact) mass is 310 g/mol. The highest BCUT2D eigenvalue weighted by Crippen LogP contribution is 2.34. The van der Waals surface area contributed by atoms with E-state index >= 15 is 0 Å². The van der Waals surface area contributed by atoms with Gasteiger partial charge >= 0.3 is 0 Å². The number of aliphatic hydroxyl groups excluding tert-OH is 1. The van der Waals surface area contributed by atoms with Crippen molar-refractivity contribution >= 4 is 0 Å². The molecule has 0 saturated heterocycles. The molecular formula is C21H26O2. The lowest BCUT2D eigenvalue weighted by Crippen LogP contribution is -2.10. The average molecular weight is 310 g/mol. The Bertz CT molecular complexity index is 608. The Morgan fingerprint density at radius 2 is 1.57 bits per heavy atom. The molecule has 2 nitrogen and oxygen atoms in total. The van der Waals surface area contributed by atoms with E-state index in [0.717, 1.165) is 29.7 Å². The van der Waals surface area contributed by atoms with Gasteiger partial charge in [-0.15, -0.1) is 0 Å². The molecule has 2 atom stereocenters. The number of benzene rings is 2. The summed E-state index contributed by atoms with van der Waals surface area (Å²) in [6, 6.07) is 17.9. The summed E-state index contributed by atoms with van der Waals surface area (Å²) in [4.78, 5) is 0. The van der Waals surface area contributed by atoms with Crippen LogP contribution in [0.4, 0.5) is 0 Å². The van der Waals surface area contributed by atoms with Gasteiger partial charge in [-0.1, -0.05) is 68.0 Å². The Hall–Kier alpha value is -2.06. The van der Waals surface area contributed by atoms with Crippen molar-refractivity contribution in [2.75, 3.05) is 7.11 Å². The smallest absolute Gasteiger partial charge is 0.118 e. The fourth-order valence-corrected chi connectivity index (χ4v) is 2.79. The number of allylic oxidation sites excluding steroid dienone is 1. The molecule has 0 aliphatic heterocycles. The second-order valence-electron chi connectivity index (χ2n) is 5.69. The predicted molar refractivity (Wildman–Crippen MR) is 95.8 cm³/mol. The van der Waals surface area contributed by atoms with Gasteiger partial charge in [-0.3, -0.25) is 0 Å². The molecule has 0 saturated carbocycles. The lowest BCUT2D eigenvalue weighted by atomic mass is 9.87. The van der Waals surface area contributed by atoms with Crippen LogP contribution in [0.3, 0.4) is 0 Å². The maximum Gasteiger partial charge on any atom is 0.118 e. The number of methoxy groups -OCH3 is 1. The quantitative estimate of drug-likeness (QED) is 0.707. The lowest BCUT2D eigenvalue weighted by molar-refractivity contribution is 0.161. The van der Waals surface area contributed by atoms with Crippen LogP contribution in [0.1, 0.15) is 49.8 Å². The Morgan fingerprint density at radius 3 is 2.09 bits per heavy atom. The molecule has 2 aromatic carbocycles. The third-order valence-electron chi connectivity index (χ3n) is 4.31. The third kappa shape index (κ3) is 4.46. The van der Waals surface area contributed by atoms with Crippen LogP contribution >= 0.6 is 0 Å². The highest BCUT2D eigenvalue weighted by Gasteiger charge is 2.21. The molecule has 2 rings (SSSR count). The average Bonchev–Trinajstić information content (AvgIpc) is 2.63. The molecule has 23 heavy (non-hydrogen) atoms. The van der Waals surface area contributed by atoms with Gasteiger partial charge in [0.25, 0.3) is 0 Å². The topological polar surface area (TPSA) is 29.5 Å². The van der Waals surface area contributed by atoms with Crippen molar-refractivity contribution in [2.24, 2.45) is 0 Å². The molecule has 0 unspecified atom stereocenters. The van der Waals surface area contributed by atoms with Crippen LogP contribution in [-0.4, -0.2) is 12.2 Å². The van der Waals surface area contributed by atoms with Crippen LogP contribution in [0, 0.1) is 0 Å². The van der Waals surface area contributed by atoms with Gasteiger partial charge in [0.2, 0.25) is 0 Å². The van der Waals surface area contributed by atoms with Crippen LogP contribution in [0.5, 0.6) is 5.75 Å². The van der Waals surface area contributed by atoms with Gasteiger partial charge in [-0.05, 0) is 36.1 Å². The number of hydrogen-bond acceptors (Lipinski definition) is 2. The maximum absolute atomic E-state index is 11.0. The first-order chi connectivity index (χ1) is 11.2. The number of aliphatic hydroxyl groups is 1. The van der Waals surface area contributed by atoms with Crippen LogP contribution < -0.4 is 4.74 Å². The Labute approximate surface area is 139 Å². The van der Waals surface area contributed by atoms with Gasteiger partial charge < -0.3 is 9.84 Å². The van der Waals surface area contributed by atoms with E-state index in [0.29, 0.717) is 0 Å². The zero-order valence-corrected chi connectivity index (χ0v) is 14.2. The standard InChI is InChI=1S/C21H26O2/c1-4-16(5-2)15-20(17-9-7-6-8-10-17)21(22)18-11-13-19(23-3)14-12-18/h6-15,20-22H,4-5H2,1-3H3/t20-,21-/m0/s1. The van der Waals surface area contributed by atoms with E-state index in [2.05, 4.69) is 32.1 Å². The maximum atomic E-state index is 11.0. The first-order valence-electron chi connectivity index (χ1n) is 8.26. The highest BCUT2D eigenvalue weighted by atomic mass is 16.5. The summed E-state index contributed by atoms with van der Waals surface area (Å²) in [7, 11) is 1.65. The molecule has 1 N–H and O–H groups in total. The van der Waals surface area contributed by atoms with Gasteiger partial charge in [-0.25, -0.2) is 0 Å². The van der Waals surface area contributed by atoms with Gasteiger partial charge in [0.05, 0.1) is 13.2 Å². The van der Waals surface area contributed by atoms with Crippen LogP contribution in [0.25, 0.3) is 0 Å². The molecule has 2 aromatic rings. The Balaban J connectivity index is 2.37. The van der Waals surface area contributed by atoms with Gasteiger partial charge in [0.1, 0.15) is 5.75 Å². The first-order valence-corrected chi connectivity index (χ1v) is 8.26. The van der Waals surface area contributed by atoms with Crippen LogP contribution in [0.15, 0.2) is 66.2 Å². The lowest BCUT2D eigenvalue weighted by Gasteiger charge is -2.22. The summed E-state index contributed by atoms with van der Waals surface area (Å²) in [6.45, 7) is 4.33. The zero-order valence-electron chi connectivity index (χ0n) is 14.2. The number of ether oxygens (including phenoxy) is 1. The van der Waals surface area contributed by atoms with E-state index in [4.69, 9.17) is 4.74 Å². The third-order valence-corrected chi connectivity index (χ3v) is 4.31. The van der Waals surface area contributed by atoms with Gasteiger partial charge in [0.15, 0.2) is 0 Å². The number of hydrogen-bond donors (Lipinski definition) is 1. The minimum Gasteiger partial charge on any atom is -0.497 e. The van der Waals surface area contributed by atoms with E-state index in [1.807, 2.05) is 42.5 Å². The largest absolute Gasteiger partial charge is 0.497 e.